The van der Waals surface area contributed by atoms with Crippen LogP contribution in [0.4, 0.5) is 0 Å². The minimum absolute atomic E-state index is 0.277. The summed E-state index contributed by atoms with van der Waals surface area (Å²) in [7, 11) is 0. The lowest BCUT2D eigenvalue weighted by Gasteiger charge is -2.16. The monoisotopic (exact) mass is 330 g/mol. The zero-order valence-electron chi connectivity index (χ0n) is 13.0. The fourth-order valence-corrected chi connectivity index (χ4v) is 3.03. The average molecular weight is 331 g/mol. The van der Waals surface area contributed by atoms with E-state index < -0.39 is 0 Å². The summed E-state index contributed by atoms with van der Waals surface area (Å²) in [4.78, 5) is 0. The van der Waals surface area contributed by atoms with Crippen LogP contribution in [0.1, 0.15) is 63.9 Å². The number of nitrogens with one attached hydrogen (secondary N) is 1. The molecule has 0 aliphatic heterocycles. The van der Waals surface area contributed by atoms with Crippen molar-refractivity contribution in [1.29, 1.82) is 0 Å². The molecular formula is C17H28Cl2N2. The van der Waals surface area contributed by atoms with Crippen LogP contribution in [0.3, 0.4) is 0 Å². The number of benzene rings is 1. The van der Waals surface area contributed by atoms with E-state index in [0.717, 1.165) is 23.4 Å². The second kappa shape index (κ2) is 11.3. The Labute approximate surface area is 139 Å². The fourth-order valence-electron chi connectivity index (χ4n) is 2.54. The molecule has 4 heteroatoms. The highest BCUT2D eigenvalue weighted by molar-refractivity contribution is 6.35. The predicted octanol–water partition coefficient (Wildman–Crippen LogP) is 5.51. The van der Waals surface area contributed by atoms with Crippen molar-refractivity contribution in [2.75, 3.05) is 0 Å². The molecule has 1 atom stereocenters. The van der Waals surface area contributed by atoms with Gasteiger partial charge in [0.05, 0.1) is 0 Å². The van der Waals surface area contributed by atoms with Crippen LogP contribution in [0.25, 0.3) is 0 Å². The second-order valence-corrected chi connectivity index (χ2v) is 6.56. The molecule has 0 aromatic heterocycles. The number of unbranched alkanes of at least 4 members (excludes halogenated alkanes) is 6. The molecule has 3 N–H and O–H groups in total. The maximum Gasteiger partial charge on any atom is 0.0453 e. The first-order valence-electron chi connectivity index (χ1n) is 8.07. The lowest BCUT2D eigenvalue weighted by atomic mass is 10.00. The van der Waals surface area contributed by atoms with Crippen molar-refractivity contribution in [1.82, 2.24) is 5.43 Å². The van der Waals surface area contributed by atoms with E-state index in [1.54, 1.807) is 6.07 Å². The van der Waals surface area contributed by atoms with Gasteiger partial charge in [0.15, 0.2) is 0 Å². The fraction of sp³-hybridized carbons (Fsp3) is 0.647. The van der Waals surface area contributed by atoms with Gasteiger partial charge in [0.1, 0.15) is 0 Å². The quantitative estimate of drug-likeness (QED) is 0.319. The van der Waals surface area contributed by atoms with Crippen molar-refractivity contribution < 1.29 is 0 Å². The minimum Gasteiger partial charge on any atom is -0.271 e. The summed E-state index contributed by atoms with van der Waals surface area (Å²) in [6.45, 7) is 2.25. The molecule has 0 bridgehead atoms. The molecule has 1 unspecified atom stereocenters. The van der Waals surface area contributed by atoms with Gasteiger partial charge in [-0.1, -0.05) is 81.1 Å². The normalized spacial score (nSPS) is 12.6. The van der Waals surface area contributed by atoms with Gasteiger partial charge in [-0.25, -0.2) is 0 Å². The van der Waals surface area contributed by atoms with Crippen LogP contribution in [0.15, 0.2) is 18.2 Å². The Morgan fingerprint density at radius 3 is 2.33 bits per heavy atom. The average Bonchev–Trinajstić information content (AvgIpc) is 2.47. The zero-order valence-corrected chi connectivity index (χ0v) is 14.5. The molecule has 1 aromatic rings. The molecule has 120 valence electrons. The number of nitrogens with two attached hydrogens (primary N) is 1. The Bertz CT molecular complexity index is 396. The molecule has 0 saturated heterocycles. The molecular weight excluding hydrogens is 303 g/mol. The van der Waals surface area contributed by atoms with Crippen molar-refractivity contribution >= 4 is 23.2 Å². The Morgan fingerprint density at radius 1 is 1.05 bits per heavy atom. The molecule has 0 saturated carbocycles. The highest BCUT2D eigenvalue weighted by Crippen LogP contribution is 2.23. The van der Waals surface area contributed by atoms with Gasteiger partial charge in [-0.2, -0.15) is 0 Å². The molecule has 0 amide bonds. The van der Waals surface area contributed by atoms with Crippen LogP contribution < -0.4 is 11.3 Å². The van der Waals surface area contributed by atoms with Gasteiger partial charge in [0.25, 0.3) is 0 Å². The van der Waals surface area contributed by atoms with Gasteiger partial charge in [0, 0.05) is 16.1 Å². The molecule has 1 rings (SSSR count). The van der Waals surface area contributed by atoms with E-state index in [0.29, 0.717) is 5.02 Å². The van der Waals surface area contributed by atoms with E-state index in [1.165, 1.54) is 44.9 Å². The molecule has 2 nitrogen and oxygen atoms in total. The standard InChI is InChI=1S/C17H28Cl2N2/c1-2-3-4-5-6-7-8-9-16(21-20)12-14-10-11-15(18)13-17(14)19/h10-11,13,16,21H,2-9,12,20H2,1H3. The van der Waals surface area contributed by atoms with Crippen LogP contribution >= 0.6 is 23.2 Å². The predicted molar refractivity (Wildman–Crippen MR) is 93.9 cm³/mol. The van der Waals surface area contributed by atoms with Crippen molar-refractivity contribution in [3.8, 4) is 0 Å². The Kier molecular flexibility index (Phi) is 10.1. The summed E-state index contributed by atoms with van der Waals surface area (Å²) in [6.07, 6.45) is 11.2. The summed E-state index contributed by atoms with van der Waals surface area (Å²) in [5.41, 5.74) is 4.02. The molecule has 0 aliphatic carbocycles. The summed E-state index contributed by atoms with van der Waals surface area (Å²) < 4.78 is 0. The topological polar surface area (TPSA) is 38.0 Å². The van der Waals surface area contributed by atoms with E-state index in [4.69, 9.17) is 29.0 Å². The van der Waals surface area contributed by atoms with E-state index >= 15 is 0 Å². The van der Waals surface area contributed by atoms with Crippen LogP contribution in [-0.4, -0.2) is 6.04 Å². The van der Waals surface area contributed by atoms with E-state index in [9.17, 15) is 0 Å². The van der Waals surface area contributed by atoms with Crippen LogP contribution in [0, 0.1) is 0 Å². The number of hydrogen-bond donors (Lipinski definition) is 2. The minimum atomic E-state index is 0.277. The Hall–Kier alpha value is -0.280. The maximum absolute atomic E-state index is 6.21. The lowest BCUT2D eigenvalue weighted by molar-refractivity contribution is 0.458. The SMILES string of the molecule is CCCCCCCCCC(Cc1ccc(Cl)cc1Cl)NN. The number of halogens is 2. The van der Waals surface area contributed by atoms with Crippen molar-refractivity contribution in [3.63, 3.8) is 0 Å². The molecule has 21 heavy (non-hydrogen) atoms. The number of hydrazine groups is 1. The summed E-state index contributed by atoms with van der Waals surface area (Å²) >= 11 is 12.1. The van der Waals surface area contributed by atoms with Gasteiger partial charge in [-0.15, -0.1) is 0 Å². The molecule has 1 aromatic carbocycles. The van der Waals surface area contributed by atoms with Crippen LogP contribution in [0.5, 0.6) is 0 Å². The van der Waals surface area contributed by atoms with Gasteiger partial charge >= 0.3 is 0 Å². The largest absolute Gasteiger partial charge is 0.271 e. The third-order valence-electron chi connectivity index (χ3n) is 3.87. The van der Waals surface area contributed by atoms with Gasteiger partial charge < -0.3 is 0 Å². The summed E-state index contributed by atoms with van der Waals surface area (Å²) in [6, 6.07) is 5.93. The Morgan fingerprint density at radius 2 is 1.71 bits per heavy atom. The van der Waals surface area contributed by atoms with Crippen molar-refractivity contribution in [2.24, 2.45) is 5.84 Å². The molecule has 0 radical (unpaired) electrons. The molecule has 0 fully saturated rings. The maximum atomic E-state index is 6.21. The lowest BCUT2D eigenvalue weighted by Crippen LogP contribution is -2.36. The zero-order chi connectivity index (χ0) is 15.5. The van der Waals surface area contributed by atoms with Crippen molar-refractivity contribution in [2.45, 2.75) is 70.8 Å². The molecule has 0 spiro atoms. The van der Waals surface area contributed by atoms with Crippen LogP contribution in [-0.2, 0) is 6.42 Å². The first kappa shape index (κ1) is 18.8. The third-order valence-corrected chi connectivity index (χ3v) is 4.46. The summed E-state index contributed by atoms with van der Waals surface area (Å²) in [5.74, 6) is 5.66. The second-order valence-electron chi connectivity index (χ2n) is 5.71. The number of rotatable bonds is 11. The van der Waals surface area contributed by atoms with E-state index in [-0.39, 0.29) is 6.04 Å². The van der Waals surface area contributed by atoms with Crippen molar-refractivity contribution in [3.05, 3.63) is 33.8 Å². The van der Waals surface area contributed by atoms with Gasteiger partial charge in [-0.3, -0.25) is 11.3 Å². The molecule has 0 aliphatic rings. The molecule has 0 heterocycles. The van der Waals surface area contributed by atoms with E-state index in [1.807, 2.05) is 12.1 Å². The van der Waals surface area contributed by atoms with E-state index in [2.05, 4.69) is 12.3 Å². The first-order chi connectivity index (χ1) is 10.2. The number of hydrogen-bond acceptors (Lipinski definition) is 2. The first-order valence-corrected chi connectivity index (χ1v) is 8.83. The Balaban J connectivity index is 2.25. The highest BCUT2D eigenvalue weighted by atomic mass is 35.5. The third kappa shape index (κ3) is 8.06. The van der Waals surface area contributed by atoms with Gasteiger partial charge in [0.2, 0.25) is 0 Å². The smallest absolute Gasteiger partial charge is 0.0453 e. The van der Waals surface area contributed by atoms with Crippen LogP contribution in [0.2, 0.25) is 10.0 Å². The highest BCUT2D eigenvalue weighted by Gasteiger charge is 2.10. The van der Waals surface area contributed by atoms with Gasteiger partial charge in [-0.05, 0) is 30.5 Å². The summed E-state index contributed by atoms with van der Waals surface area (Å²) in [5, 5.41) is 1.40.